The van der Waals surface area contributed by atoms with Crippen LogP contribution in [0.2, 0.25) is 0 Å². The van der Waals surface area contributed by atoms with Crippen LogP contribution in [-0.2, 0) is 11.2 Å². The molecule has 0 spiro atoms. The van der Waals surface area contributed by atoms with Crippen molar-refractivity contribution in [1.82, 2.24) is 25.9 Å². The van der Waals surface area contributed by atoms with Gasteiger partial charge in [-0.05, 0) is 70.6 Å². The maximum atomic E-state index is 10.7. The molecular formula is C32H35N5O2. The first-order chi connectivity index (χ1) is 18.9. The fourth-order valence-corrected chi connectivity index (χ4v) is 4.92. The number of benzene rings is 4. The Hall–Kier alpha value is -3.91. The Morgan fingerprint density at radius 3 is 2.38 bits per heavy atom. The quantitative estimate of drug-likeness (QED) is 0.205. The zero-order chi connectivity index (χ0) is 27.2. The number of nitrogens with one attached hydrogen (secondary N) is 2. The Balaban J connectivity index is 1.16. The molecule has 1 heterocycles. The highest BCUT2D eigenvalue weighted by atomic mass is 16.5. The monoisotopic (exact) mass is 521 g/mol. The summed E-state index contributed by atoms with van der Waals surface area (Å²) in [5.74, 6) is 0.634. The molecule has 1 aromatic heterocycles. The zero-order valence-corrected chi connectivity index (χ0v) is 22.6. The molecule has 5 aromatic rings. The van der Waals surface area contributed by atoms with Crippen LogP contribution in [0.1, 0.15) is 38.0 Å². The molecule has 4 aromatic carbocycles. The number of nitrogens with zero attached hydrogens (tertiary/aromatic N) is 3. The highest BCUT2D eigenvalue weighted by Crippen LogP contribution is 2.31. The molecule has 2 atom stereocenters. The summed E-state index contributed by atoms with van der Waals surface area (Å²) in [5, 5.41) is 30.8. The van der Waals surface area contributed by atoms with E-state index in [4.69, 9.17) is 4.74 Å². The van der Waals surface area contributed by atoms with Crippen molar-refractivity contribution in [2.45, 2.75) is 44.9 Å². The van der Waals surface area contributed by atoms with Crippen molar-refractivity contribution in [3.05, 3.63) is 102 Å². The number of tetrazole rings is 1. The van der Waals surface area contributed by atoms with Gasteiger partial charge in [-0.1, -0.05) is 91.0 Å². The molecule has 200 valence electrons. The van der Waals surface area contributed by atoms with Gasteiger partial charge < -0.3 is 15.2 Å². The van der Waals surface area contributed by atoms with Gasteiger partial charge >= 0.3 is 0 Å². The number of hydrogen-bond acceptors (Lipinski definition) is 6. The smallest absolute Gasteiger partial charge is 0.179 e. The van der Waals surface area contributed by atoms with E-state index in [0.717, 1.165) is 28.7 Å². The van der Waals surface area contributed by atoms with E-state index < -0.39 is 6.10 Å². The highest BCUT2D eigenvalue weighted by Gasteiger charge is 2.20. The first-order valence-electron chi connectivity index (χ1n) is 13.3. The van der Waals surface area contributed by atoms with Gasteiger partial charge in [0.25, 0.3) is 0 Å². The van der Waals surface area contributed by atoms with Gasteiger partial charge in [0.15, 0.2) is 5.82 Å². The number of hydrogen-bond donors (Lipinski definition) is 3. The molecule has 5 rings (SSSR count). The molecule has 1 unspecified atom stereocenters. The lowest BCUT2D eigenvalue weighted by molar-refractivity contribution is -0.00397. The van der Waals surface area contributed by atoms with Gasteiger partial charge in [0, 0.05) is 17.6 Å². The van der Waals surface area contributed by atoms with E-state index in [1.807, 2.05) is 31.2 Å². The molecular weight excluding hydrogens is 486 g/mol. The van der Waals surface area contributed by atoms with Gasteiger partial charge in [-0.25, -0.2) is 5.10 Å². The average Bonchev–Trinajstić information content (AvgIpc) is 3.50. The number of H-pyrrole nitrogens is 1. The van der Waals surface area contributed by atoms with Crippen molar-refractivity contribution in [2.75, 3.05) is 13.2 Å². The second-order valence-corrected chi connectivity index (χ2v) is 10.7. The van der Waals surface area contributed by atoms with Crippen molar-refractivity contribution in [3.63, 3.8) is 0 Å². The van der Waals surface area contributed by atoms with E-state index in [1.54, 1.807) is 0 Å². The average molecular weight is 522 g/mol. The third-order valence-electron chi connectivity index (χ3n) is 7.03. The van der Waals surface area contributed by atoms with E-state index in [0.29, 0.717) is 12.4 Å². The molecule has 0 saturated carbocycles. The molecule has 39 heavy (non-hydrogen) atoms. The first kappa shape index (κ1) is 26.7. The standard InChI is InChI=1S/C32H35N5O2/c1-22(29-10-6-7-11-30(29)25-14-16-26(17-15-25)31-34-36-37-35-31)39-21-28(38)20-33-32(2,3)19-23-12-13-24-8-4-5-9-27(24)18-23/h4-18,22,28,33,38H,19-21H2,1-3H3,(H,34,35,36,37)/t22?,28-/m1/s1. The minimum Gasteiger partial charge on any atom is -0.389 e. The fraction of sp³-hybridized carbons (Fsp3) is 0.281. The SMILES string of the molecule is CC(OC[C@H](O)CNC(C)(C)Cc1ccc2ccccc2c1)c1ccccc1-c1ccc(-c2nnn[nH]2)cc1. The van der Waals surface area contributed by atoms with Crippen LogP contribution in [0, 0.1) is 0 Å². The predicted molar refractivity (Wildman–Crippen MR) is 155 cm³/mol. The minimum atomic E-state index is -0.620. The van der Waals surface area contributed by atoms with Gasteiger partial charge in [-0.2, -0.15) is 0 Å². The molecule has 7 nitrogen and oxygen atoms in total. The van der Waals surface area contributed by atoms with Crippen LogP contribution in [0.15, 0.2) is 91.0 Å². The summed E-state index contributed by atoms with van der Waals surface area (Å²) in [4.78, 5) is 0. The number of rotatable bonds is 11. The molecule has 7 heteroatoms. The lowest BCUT2D eigenvalue weighted by atomic mass is 9.93. The Kier molecular flexibility index (Phi) is 8.12. The fourth-order valence-electron chi connectivity index (χ4n) is 4.92. The number of aromatic amines is 1. The summed E-state index contributed by atoms with van der Waals surface area (Å²) in [6.07, 6.45) is 0.0610. The summed E-state index contributed by atoms with van der Waals surface area (Å²) >= 11 is 0. The van der Waals surface area contributed by atoms with E-state index in [1.165, 1.54) is 16.3 Å². The van der Waals surface area contributed by atoms with E-state index >= 15 is 0 Å². The van der Waals surface area contributed by atoms with Crippen LogP contribution in [0.5, 0.6) is 0 Å². The molecule has 0 aliphatic heterocycles. The van der Waals surface area contributed by atoms with Crippen LogP contribution < -0.4 is 5.32 Å². The molecule has 0 saturated heterocycles. The molecule has 3 N–H and O–H groups in total. The Labute approximate surface area is 229 Å². The Bertz CT molecular complexity index is 1500. The number of ether oxygens (including phenoxy) is 1. The van der Waals surface area contributed by atoms with E-state index in [2.05, 4.69) is 107 Å². The third-order valence-corrected chi connectivity index (χ3v) is 7.03. The van der Waals surface area contributed by atoms with E-state index in [9.17, 15) is 5.11 Å². The van der Waals surface area contributed by atoms with Crippen molar-refractivity contribution < 1.29 is 9.84 Å². The summed E-state index contributed by atoms with van der Waals surface area (Å²) in [6, 6.07) is 31.3. The highest BCUT2D eigenvalue weighted by molar-refractivity contribution is 5.83. The lowest BCUT2D eigenvalue weighted by Crippen LogP contribution is -2.46. The van der Waals surface area contributed by atoms with Gasteiger partial charge in [-0.15, -0.1) is 5.10 Å². The maximum Gasteiger partial charge on any atom is 0.179 e. The van der Waals surface area contributed by atoms with Gasteiger partial charge in [0.1, 0.15) is 0 Å². The topological polar surface area (TPSA) is 96.0 Å². The van der Waals surface area contributed by atoms with Crippen LogP contribution >= 0.6 is 0 Å². The predicted octanol–water partition coefficient (Wildman–Crippen LogP) is 5.74. The molecule has 0 aliphatic rings. The molecule has 0 radical (unpaired) electrons. The van der Waals surface area contributed by atoms with Crippen LogP contribution in [0.25, 0.3) is 33.3 Å². The first-order valence-corrected chi connectivity index (χ1v) is 13.3. The van der Waals surface area contributed by atoms with Crippen LogP contribution in [0.3, 0.4) is 0 Å². The third kappa shape index (κ3) is 6.75. The summed E-state index contributed by atoms with van der Waals surface area (Å²) in [5.41, 5.74) is 5.27. The summed E-state index contributed by atoms with van der Waals surface area (Å²) < 4.78 is 6.14. The van der Waals surface area contributed by atoms with Gasteiger partial charge in [0.2, 0.25) is 0 Å². The molecule has 0 fully saturated rings. The van der Waals surface area contributed by atoms with Gasteiger partial charge in [0.05, 0.1) is 18.8 Å². The van der Waals surface area contributed by atoms with Crippen molar-refractivity contribution >= 4 is 10.8 Å². The summed E-state index contributed by atoms with van der Waals surface area (Å²) in [7, 11) is 0. The number of aliphatic hydroxyl groups excluding tert-OH is 1. The number of aliphatic hydroxyl groups is 1. The lowest BCUT2D eigenvalue weighted by Gasteiger charge is -2.28. The minimum absolute atomic E-state index is 0.171. The van der Waals surface area contributed by atoms with Crippen LogP contribution in [-0.4, -0.2) is 50.5 Å². The van der Waals surface area contributed by atoms with Crippen molar-refractivity contribution in [2.24, 2.45) is 0 Å². The largest absolute Gasteiger partial charge is 0.389 e. The Morgan fingerprint density at radius 2 is 1.62 bits per heavy atom. The number of aromatic nitrogens is 4. The van der Waals surface area contributed by atoms with Crippen molar-refractivity contribution in [3.8, 4) is 22.5 Å². The number of fused-ring (bicyclic) bond motifs is 1. The molecule has 0 bridgehead atoms. The normalized spacial score (nSPS) is 13.4. The maximum absolute atomic E-state index is 10.7. The Morgan fingerprint density at radius 1 is 0.897 bits per heavy atom. The van der Waals surface area contributed by atoms with E-state index in [-0.39, 0.29) is 18.2 Å². The second-order valence-electron chi connectivity index (χ2n) is 10.7. The zero-order valence-electron chi connectivity index (χ0n) is 22.6. The van der Waals surface area contributed by atoms with Crippen LogP contribution in [0.4, 0.5) is 0 Å². The summed E-state index contributed by atoms with van der Waals surface area (Å²) in [6.45, 7) is 7.05. The second kappa shape index (κ2) is 11.9. The van der Waals surface area contributed by atoms with Crippen molar-refractivity contribution in [1.29, 1.82) is 0 Å². The number of β-amino-alcohol motifs (C(OH)–C–C–N with tert-alkyl or cyclic N) is 1. The molecule has 0 amide bonds. The van der Waals surface area contributed by atoms with Gasteiger partial charge in [-0.3, -0.25) is 0 Å². The molecule has 0 aliphatic carbocycles.